The average Bonchev–Trinajstić information content (AvgIpc) is 2.19. The first kappa shape index (κ1) is 10.7. The van der Waals surface area contributed by atoms with Gasteiger partial charge in [-0.1, -0.05) is 26.2 Å². The van der Waals surface area contributed by atoms with Crippen LogP contribution in [-0.4, -0.2) is 19.4 Å². The molecule has 0 aliphatic heterocycles. The van der Waals surface area contributed by atoms with Crippen LogP contribution in [0.25, 0.3) is 0 Å². The highest BCUT2D eigenvalue weighted by Gasteiger charge is 2.12. The Morgan fingerprint density at radius 3 is 2.69 bits per heavy atom. The van der Waals surface area contributed by atoms with Gasteiger partial charge in [-0.3, -0.25) is 0 Å². The summed E-state index contributed by atoms with van der Waals surface area (Å²) in [4.78, 5) is 10.3. The van der Waals surface area contributed by atoms with Crippen LogP contribution in [0.5, 0.6) is 0 Å². The quantitative estimate of drug-likeness (QED) is 0.660. The molecule has 1 fully saturated rings. The van der Waals surface area contributed by atoms with Crippen molar-refractivity contribution in [2.45, 2.75) is 39.0 Å². The molecule has 1 aliphatic rings. The molecule has 2 heteroatoms. The van der Waals surface area contributed by atoms with Crippen molar-refractivity contribution in [3.8, 4) is 0 Å². The Labute approximate surface area is 81.1 Å². The minimum atomic E-state index is 0.170. The van der Waals surface area contributed by atoms with Crippen LogP contribution in [0.1, 0.15) is 39.0 Å². The maximum Gasteiger partial charge on any atom is 0.124 e. The van der Waals surface area contributed by atoms with Gasteiger partial charge in [0.15, 0.2) is 0 Å². The van der Waals surface area contributed by atoms with E-state index < -0.39 is 0 Å². The summed E-state index contributed by atoms with van der Waals surface area (Å²) in [6, 6.07) is 0. The van der Waals surface area contributed by atoms with Gasteiger partial charge in [0, 0.05) is 12.5 Å². The van der Waals surface area contributed by atoms with Gasteiger partial charge in [0.25, 0.3) is 0 Å². The Bertz CT molecular complexity index is 141. The van der Waals surface area contributed by atoms with Crippen molar-refractivity contribution in [3.05, 3.63) is 0 Å². The van der Waals surface area contributed by atoms with E-state index in [0.717, 1.165) is 25.3 Å². The molecule has 1 saturated carbocycles. The molecule has 1 aliphatic carbocycles. The van der Waals surface area contributed by atoms with E-state index >= 15 is 0 Å². The van der Waals surface area contributed by atoms with Crippen LogP contribution in [0.3, 0.4) is 0 Å². The third-order valence-corrected chi connectivity index (χ3v) is 2.86. The van der Waals surface area contributed by atoms with Gasteiger partial charge in [0.05, 0.1) is 0 Å². The SMILES string of the molecule is C[C@H](C=O)CNCC1CCCCC1. The lowest BCUT2D eigenvalue weighted by Gasteiger charge is -2.22. The summed E-state index contributed by atoms with van der Waals surface area (Å²) in [5.41, 5.74) is 0. The van der Waals surface area contributed by atoms with Gasteiger partial charge in [-0.05, 0) is 25.3 Å². The lowest BCUT2D eigenvalue weighted by Crippen LogP contribution is -2.28. The van der Waals surface area contributed by atoms with Gasteiger partial charge in [0.2, 0.25) is 0 Å². The van der Waals surface area contributed by atoms with Crippen molar-refractivity contribution in [2.75, 3.05) is 13.1 Å². The number of carbonyl (C=O) groups is 1. The highest BCUT2D eigenvalue weighted by Crippen LogP contribution is 2.22. The molecule has 0 heterocycles. The van der Waals surface area contributed by atoms with Crippen LogP contribution in [0, 0.1) is 11.8 Å². The molecule has 76 valence electrons. The zero-order chi connectivity index (χ0) is 9.52. The van der Waals surface area contributed by atoms with E-state index in [9.17, 15) is 4.79 Å². The van der Waals surface area contributed by atoms with E-state index in [4.69, 9.17) is 0 Å². The number of carbonyl (C=O) groups excluding carboxylic acids is 1. The predicted octanol–water partition coefficient (Wildman–Crippen LogP) is 1.99. The zero-order valence-corrected chi connectivity index (χ0v) is 8.59. The van der Waals surface area contributed by atoms with Crippen LogP contribution in [0.4, 0.5) is 0 Å². The van der Waals surface area contributed by atoms with Gasteiger partial charge in [-0.15, -0.1) is 0 Å². The standard InChI is InChI=1S/C11H21NO/c1-10(9-13)7-12-8-11-5-3-2-4-6-11/h9-12H,2-8H2,1H3/t10-/m0/s1. The van der Waals surface area contributed by atoms with E-state index in [1.807, 2.05) is 6.92 Å². The normalized spacial score (nSPS) is 21.3. The highest BCUT2D eigenvalue weighted by molar-refractivity contribution is 5.52. The smallest absolute Gasteiger partial charge is 0.124 e. The molecule has 0 radical (unpaired) electrons. The highest BCUT2D eigenvalue weighted by atomic mass is 16.1. The molecule has 1 N–H and O–H groups in total. The fourth-order valence-corrected chi connectivity index (χ4v) is 1.95. The molecule has 1 rings (SSSR count). The summed E-state index contributed by atoms with van der Waals surface area (Å²) in [7, 11) is 0. The molecule has 0 aromatic heterocycles. The third-order valence-electron chi connectivity index (χ3n) is 2.86. The summed E-state index contributed by atoms with van der Waals surface area (Å²) in [6.07, 6.45) is 7.99. The number of rotatable bonds is 5. The topological polar surface area (TPSA) is 29.1 Å². The van der Waals surface area contributed by atoms with E-state index in [0.29, 0.717) is 0 Å². The minimum Gasteiger partial charge on any atom is -0.316 e. The molecule has 0 aromatic carbocycles. The Kier molecular flexibility index (Phi) is 5.06. The van der Waals surface area contributed by atoms with Gasteiger partial charge in [0.1, 0.15) is 6.29 Å². The summed E-state index contributed by atoms with van der Waals surface area (Å²) in [5.74, 6) is 1.04. The first-order chi connectivity index (χ1) is 6.33. The lowest BCUT2D eigenvalue weighted by molar-refractivity contribution is -0.110. The van der Waals surface area contributed by atoms with Crippen LogP contribution < -0.4 is 5.32 Å². The molecular formula is C11H21NO. The van der Waals surface area contributed by atoms with Gasteiger partial charge in [-0.25, -0.2) is 0 Å². The average molecular weight is 183 g/mol. The summed E-state index contributed by atoms with van der Waals surface area (Å²) >= 11 is 0. The molecule has 0 bridgehead atoms. The second-order valence-electron chi connectivity index (χ2n) is 4.28. The van der Waals surface area contributed by atoms with E-state index in [-0.39, 0.29) is 5.92 Å². The molecule has 0 amide bonds. The van der Waals surface area contributed by atoms with Crippen molar-refractivity contribution in [1.82, 2.24) is 5.32 Å². The van der Waals surface area contributed by atoms with E-state index in [2.05, 4.69) is 5.32 Å². The number of hydrogen-bond acceptors (Lipinski definition) is 2. The molecule has 13 heavy (non-hydrogen) atoms. The van der Waals surface area contributed by atoms with Crippen LogP contribution in [0.15, 0.2) is 0 Å². The molecule has 0 saturated heterocycles. The van der Waals surface area contributed by atoms with Crippen LogP contribution in [0.2, 0.25) is 0 Å². The summed E-state index contributed by atoms with van der Waals surface area (Å²) in [6.45, 7) is 3.92. The molecule has 1 atom stereocenters. The van der Waals surface area contributed by atoms with Crippen molar-refractivity contribution >= 4 is 6.29 Å². The van der Waals surface area contributed by atoms with E-state index in [1.54, 1.807) is 0 Å². The number of nitrogens with one attached hydrogen (secondary N) is 1. The Balaban J connectivity index is 2.01. The summed E-state index contributed by atoms with van der Waals surface area (Å²) in [5, 5.41) is 3.37. The Morgan fingerprint density at radius 1 is 1.38 bits per heavy atom. The predicted molar refractivity (Wildman–Crippen MR) is 54.7 cm³/mol. The monoisotopic (exact) mass is 183 g/mol. The van der Waals surface area contributed by atoms with Crippen molar-refractivity contribution < 1.29 is 4.79 Å². The third kappa shape index (κ3) is 4.41. The van der Waals surface area contributed by atoms with Crippen molar-refractivity contribution in [1.29, 1.82) is 0 Å². The van der Waals surface area contributed by atoms with E-state index in [1.165, 1.54) is 32.1 Å². The summed E-state index contributed by atoms with van der Waals surface area (Å²) < 4.78 is 0. The largest absolute Gasteiger partial charge is 0.316 e. The van der Waals surface area contributed by atoms with Crippen molar-refractivity contribution in [2.24, 2.45) is 11.8 Å². The van der Waals surface area contributed by atoms with Crippen LogP contribution in [-0.2, 0) is 4.79 Å². The molecule has 0 aromatic rings. The first-order valence-electron chi connectivity index (χ1n) is 5.49. The van der Waals surface area contributed by atoms with Crippen molar-refractivity contribution in [3.63, 3.8) is 0 Å². The molecule has 0 spiro atoms. The second kappa shape index (κ2) is 6.14. The van der Waals surface area contributed by atoms with Crippen LogP contribution >= 0.6 is 0 Å². The minimum absolute atomic E-state index is 0.170. The zero-order valence-electron chi connectivity index (χ0n) is 8.59. The number of aldehydes is 1. The Morgan fingerprint density at radius 2 is 2.08 bits per heavy atom. The van der Waals surface area contributed by atoms with Gasteiger partial charge < -0.3 is 10.1 Å². The fourth-order valence-electron chi connectivity index (χ4n) is 1.95. The lowest BCUT2D eigenvalue weighted by atomic mass is 9.89. The molecule has 2 nitrogen and oxygen atoms in total. The first-order valence-corrected chi connectivity index (χ1v) is 5.49. The van der Waals surface area contributed by atoms with Gasteiger partial charge in [-0.2, -0.15) is 0 Å². The number of hydrogen-bond donors (Lipinski definition) is 1. The second-order valence-corrected chi connectivity index (χ2v) is 4.28. The maximum absolute atomic E-state index is 10.3. The fraction of sp³-hybridized carbons (Fsp3) is 0.909. The molecule has 0 unspecified atom stereocenters. The van der Waals surface area contributed by atoms with Gasteiger partial charge >= 0.3 is 0 Å². The molecular weight excluding hydrogens is 162 g/mol. The Hall–Kier alpha value is -0.370. The maximum atomic E-state index is 10.3.